The van der Waals surface area contributed by atoms with Gasteiger partial charge in [-0.15, -0.1) is 0 Å². The van der Waals surface area contributed by atoms with Gasteiger partial charge in [0, 0.05) is 39.1 Å². The molecule has 0 bridgehead atoms. The smallest absolute Gasteiger partial charge is 0.245 e. The summed E-state index contributed by atoms with van der Waals surface area (Å²) in [6.45, 7) is 7.13. The van der Waals surface area contributed by atoms with E-state index < -0.39 is 0 Å². The Balaban J connectivity index is 1.66. The Bertz CT molecular complexity index is 553. The van der Waals surface area contributed by atoms with Gasteiger partial charge in [-0.1, -0.05) is 37.3 Å². The number of hydrogen-bond donors (Lipinski definition) is 0. The van der Waals surface area contributed by atoms with E-state index in [0.717, 1.165) is 38.3 Å². The van der Waals surface area contributed by atoms with E-state index in [-0.39, 0.29) is 17.9 Å². The molecule has 0 radical (unpaired) electrons. The number of likely N-dealkylation sites (N-methyl/N-ethyl adjacent to an activating group) is 1. The molecule has 0 aliphatic carbocycles. The number of carbonyl (C=O) groups is 2. The predicted octanol–water partition coefficient (Wildman–Crippen LogP) is 1.34. The van der Waals surface area contributed by atoms with Crippen LogP contribution in [0.1, 0.15) is 25.3 Å². The first-order valence-corrected chi connectivity index (χ1v) is 8.53. The van der Waals surface area contributed by atoms with Gasteiger partial charge >= 0.3 is 0 Å². The van der Waals surface area contributed by atoms with Gasteiger partial charge < -0.3 is 14.7 Å². The summed E-state index contributed by atoms with van der Waals surface area (Å²) in [6, 6.07) is 9.63. The summed E-state index contributed by atoms with van der Waals surface area (Å²) in [6.07, 6.45) is 1.14. The summed E-state index contributed by atoms with van der Waals surface area (Å²) >= 11 is 0. The highest BCUT2D eigenvalue weighted by Crippen LogP contribution is 2.23. The molecule has 0 aromatic heterocycles. The molecule has 0 saturated carbocycles. The fraction of sp³-hybridized carbons (Fsp3) is 0.556. The Kier molecular flexibility index (Phi) is 4.96. The van der Waals surface area contributed by atoms with E-state index in [0.29, 0.717) is 19.4 Å². The Morgan fingerprint density at radius 1 is 1.13 bits per heavy atom. The van der Waals surface area contributed by atoms with Crippen molar-refractivity contribution in [2.24, 2.45) is 0 Å². The Labute approximate surface area is 137 Å². The molecule has 2 aliphatic heterocycles. The number of rotatable bonds is 4. The zero-order valence-electron chi connectivity index (χ0n) is 13.8. The minimum Gasteiger partial charge on any atom is -0.338 e. The molecule has 2 heterocycles. The van der Waals surface area contributed by atoms with E-state index in [1.807, 2.05) is 35.2 Å². The molecule has 1 aromatic carbocycles. The molecule has 23 heavy (non-hydrogen) atoms. The maximum atomic E-state index is 12.9. The van der Waals surface area contributed by atoms with Gasteiger partial charge in [0.1, 0.15) is 6.04 Å². The molecule has 2 amide bonds. The van der Waals surface area contributed by atoms with E-state index in [2.05, 4.69) is 11.8 Å². The molecule has 2 fully saturated rings. The zero-order chi connectivity index (χ0) is 16.2. The van der Waals surface area contributed by atoms with Gasteiger partial charge in [0.15, 0.2) is 0 Å². The summed E-state index contributed by atoms with van der Waals surface area (Å²) in [7, 11) is 0. The molecule has 0 N–H and O–H groups in total. The molecular weight excluding hydrogens is 290 g/mol. The second-order valence-electron chi connectivity index (χ2n) is 6.32. The first-order chi connectivity index (χ1) is 11.2. The first kappa shape index (κ1) is 16.0. The van der Waals surface area contributed by atoms with Crippen molar-refractivity contribution in [2.45, 2.75) is 32.4 Å². The standard InChI is InChI=1S/C18H25N3O2/c1-2-19-10-12-20(13-11-19)18(23)16-8-9-17(22)21(16)14-15-6-4-3-5-7-15/h3-7,16H,2,8-14H2,1H3. The molecule has 5 heteroatoms. The minimum absolute atomic E-state index is 0.0967. The van der Waals surface area contributed by atoms with Crippen molar-refractivity contribution >= 4 is 11.8 Å². The Hall–Kier alpha value is -1.88. The van der Waals surface area contributed by atoms with Crippen molar-refractivity contribution in [1.29, 1.82) is 0 Å². The van der Waals surface area contributed by atoms with Crippen LogP contribution in [-0.4, -0.2) is 65.3 Å². The molecule has 0 spiro atoms. The van der Waals surface area contributed by atoms with E-state index in [9.17, 15) is 9.59 Å². The summed E-state index contributed by atoms with van der Waals surface area (Å²) in [4.78, 5) is 31.1. The van der Waals surface area contributed by atoms with Crippen LogP contribution in [-0.2, 0) is 16.1 Å². The number of benzene rings is 1. The molecule has 3 rings (SSSR count). The van der Waals surface area contributed by atoms with Crippen LogP contribution in [0, 0.1) is 0 Å². The van der Waals surface area contributed by atoms with Gasteiger partial charge in [0.25, 0.3) is 0 Å². The van der Waals surface area contributed by atoms with Crippen molar-refractivity contribution in [3.8, 4) is 0 Å². The fourth-order valence-corrected chi connectivity index (χ4v) is 3.46. The monoisotopic (exact) mass is 315 g/mol. The Morgan fingerprint density at radius 3 is 2.48 bits per heavy atom. The number of piperazine rings is 1. The second kappa shape index (κ2) is 7.13. The maximum absolute atomic E-state index is 12.9. The average molecular weight is 315 g/mol. The lowest BCUT2D eigenvalue weighted by Gasteiger charge is -2.37. The summed E-state index contributed by atoms with van der Waals surface area (Å²) in [5.74, 6) is 0.224. The molecular formula is C18H25N3O2. The number of amides is 2. The van der Waals surface area contributed by atoms with E-state index in [1.165, 1.54) is 0 Å². The lowest BCUT2D eigenvalue weighted by atomic mass is 10.1. The SMILES string of the molecule is CCN1CCN(C(=O)C2CCC(=O)N2Cc2ccccc2)CC1. The van der Waals surface area contributed by atoms with Gasteiger partial charge in [0.05, 0.1) is 0 Å². The number of carbonyl (C=O) groups excluding carboxylic acids is 2. The van der Waals surface area contributed by atoms with Gasteiger partial charge in [-0.05, 0) is 18.5 Å². The third kappa shape index (κ3) is 3.55. The molecule has 1 atom stereocenters. The van der Waals surface area contributed by atoms with E-state index in [1.54, 1.807) is 4.90 Å². The van der Waals surface area contributed by atoms with Crippen molar-refractivity contribution in [3.05, 3.63) is 35.9 Å². The quantitative estimate of drug-likeness (QED) is 0.842. The van der Waals surface area contributed by atoms with Crippen LogP contribution in [0.3, 0.4) is 0 Å². The van der Waals surface area contributed by atoms with Gasteiger partial charge in [-0.25, -0.2) is 0 Å². The summed E-state index contributed by atoms with van der Waals surface area (Å²) in [5.41, 5.74) is 1.08. The van der Waals surface area contributed by atoms with Gasteiger partial charge in [0.2, 0.25) is 11.8 Å². The molecule has 124 valence electrons. The molecule has 1 aromatic rings. The lowest BCUT2D eigenvalue weighted by Crippen LogP contribution is -2.53. The number of likely N-dealkylation sites (tertiary alicyclic amines) is 1. The average Bonchev–Trinajstić information content (AvgIpc) is 2.96. The van der Waals surface area contributed by atoms with Crippen LogP contribution >= 0.6 is 0 Å². The normalized spacial score (nSPS) is 22.7. The van der Waals surface area contributed by atoms with Crippen molar-refractivity contribution in [1.82, 2.24) is 14.7 Å². The number of hydrogen-bond acceptors (Lipinski definition) is 3. The molecule has 1 unspecified atom stereocenters. The maximum Gasteiger partial charge on any atom is 0.245 e. The number of nitrogens with zero attached hydrogens (tertiary/aromatic N) is 3. The third-order valence-electron chi connectivity index (χ3n) is 4.94. The highest BCUT2D eigenvalue weighted by molar-refractivity contribution is 5.91. The van der Waals surface area contributed by atoms with E-state index >= 15 is 0 Å². The van der Waals surface area contributed by atoms with Crippen LogP contribution in [0.5, 0.6) is 0 Å². The van der Waals surface area contributed by atoms with Crippen LogP contribution < -0.4 is 0 Å². The predicted molar refractivity (Wildman–Crippen MR) is 88.7 cm³/mol. The second-order valence-corrected chi connectivity index (χ2v) is 6.32. The van der Waals surface area contributed by atoms with Crippen LogP contribution in [0.4, 0.5) is 0 Å². The summed E-state index contributed by atoms with van der Waals surface area (Å²) in [5, 5.41) is 0. The molecule has 2 aliphatic rings. The van der Waals surface area contributed by atoms with Crippen molar-refractivity contribution in [3.63, 3.8) is 0 Å². The zero-order valence-corrected chi connectivity index (χ0v) is 13.8. The minimum atomic E-state index is -0.282. The van der Waals surface area contributed by atoms with Crippen LogP contribution in [0.15, 0.2) is 30.3 Å². The van der Waals surface area contributed by atoms with Gasteiger partial charge in [-0.3, -0.25) is 9.59 Å². The third-order valence-corrected chi connectivity index (χ3v) is 4.94. The molecule has 5 nitrogen and oxygen atoms in total. The van der Waals surface area contributed by atoms with Crippen LogP contribution in [0.2, 0.25) is 0 Å². The van der Waals surface area contributed by atoms with Crippen molar-refractivity contribution < 1.29 is 9.59 Å². The molecule has 2 saturated heterocycles. The largest absolute Gasteiger partial charge is 0.338 e. The topological polar surface area (TPSA) is 43.9 Å². The Morgan fingerprint density at radius 2 is 1.83 bits per heavy atom. The van der Waals surface area contributed by atoms with Crippen molar-refractivity contribution in [2.75, 3.05) is 32.7 Å². The summed E-state index contributed by atoms with van der Waals surface area (Å²) < 4.78 is 0. The lowest BCUT2D eigenvalue weighted by molar-refractivity contribution is -0.143. The van der Waals surface area contributed by atoms with E-state index in [4.69, 9.17) is 0 Å². The fourth-order valence-electron chi connectivity index (χ4n) is 3.46. The van der Waals surface area contributed by atoms with Crippen LogP contribution in [0.25, 0.3) is 0 Å². The highest BCUT2D eigenvalue weighted by atomic mass is 16.2. The highest BCUT2D eigenvalue weighted by Gasteiger charge is 2.38. The van der Waals surface area contributed by atoms with Gasteiger partial charge in [-0.2, -0.15) is 0 Å². The first-order valence-electron chi connectivity index (χ1n) is 8.53.